The second-order valence-corrected chi connectivity index (χ2v) is 5.61. The minimum Gasteiger partial charge on any atom is -0.357 e. The van der Waals surface area contributed by atoms with Gasteiger partial charge in [0, 0.05) is 13.6 Å². The summed E-state index contributed by atoms with van der Waals surface area (Å²) in [4.78, 5) is 16.7. The maximum Gasteiger partial charge on any atom is 0.258 e. The molecule has 108 valence electrons. The second kappa shape index (κ2) is 5.81. The van der Waals surface area contributed by atoms with E-state index in [4.69, 9.17) is 0 Å². The van der Waals surface area contributed by atoms with E-state index in [0.29, 0.717) is 17.8 Å². The van der Waals surface area contributed by atoms with Gasteiger partial charge in [0.05, 0.1) is 0 Å². The van der Waals surface area contributed by atoms with Crippen molar-refractivity contribution < 1.29 is 0 Å². The van der Waals surface area contributed by atoms with Crippen LogP contribution in [0.5, 0.6) is 0 Å². The van der Waals surface area contributed by atoms with Gasteiger partial charge in [-0.2, -0.15) is 24.7 Å². The third-order valence-corrected chi connectivity index (χ3v) is 2.63. The first-order valence-corrected chi connectivity index (χ1v) is 6.51. The van der Waals surface area contributed by atoms with Crippen LogP contribution < -0.4 is 10.6 Å². The predicted molar refractivity (Wildman–Crippen MR) is 76.9 cm³/mol. The minimum atomic E-state index is 0.264. The monoisotopic (exact) mass is 276 g/mol. The lowest BCUT2D eigenvalue weighted by molar-refractivity contribution is 0.389. The van der Waals surface area contributed by atoms with Crippen LogP contribution in [0.4, 0.5) is 11.9 Å². The first-order chi connectivity index (χ1) is 9.48. The molecule has 0 aliphatic carbocycles. The number of nitrogens with zero attached hydrogens (tertiary/aromatic N) is 6. The summed E-state index contributed by atoms with van der Waals surface area (Å²) in [6.07, 6.45) is 4.01. The van der Waals surface area contributed by atoms with Crippen LogP contribution in [-0.2, 0) is 0 Å². The van der Waals surface area contributed by atoms with Gasteiger partial charge in [-0.15, -0.1) is 0 Å². The van der Waals surface area contributed by atoms with E-state index >= 15 is 0 Å². The van der Waals surface area contributed by atoms with Crippen LogP contribution in [-0.4, -0.2) is 43.3 Å². The molecule has 8 heteroatoms. The van der Waals surface area contributed by atoms with Crippen LogP contribution in [0.15, 0.2) is 12.7 Å². The molecule has 0 amide bonds. The Morgan fingerprint density at radius 2 is 1.90 bits per heavy atom. The van der Waals surface area contributed by atoms with E-state index in [1.165, 1.54) is 11.0 Å². The second-order valence-electron chi connectivity index (χ2n) is 5.61. The Balaban J connectivity index is 2.14. The van der Waals surface area contributed by atoms with Gasteiger partial charge in [0.1, 0.15) is 12.7 Å². The summed E-state index contributed by atoms with van der Waals surface area (Å²) in [5.74, 6) is 1.45. The molecule has 0 fully saturated rings. The van der Waals surface area contributed by atoms with E-state index in [1.54, 1.807) is 13.4 Å². The highest BCUT2D eigenvalue weighted by atomic mass is 15.4. The summed E-state index contributed by atoms with van der Waals surface area (Å²) in [5, 5.41) is 10.1. The molecule has 0 aliphatic rings. The molecular weight excluding hydrogens is 256 g/mol. The number of rotatable bonds is 5. The topological polar surface area (TPSA) is 93.4 Å². The van der Waals surface area contributed by atoms with E-state index in [9.17, 15) is 0 Å². The standard InChI is InChI=1S/C12H20N8/c1-12(2,3)5-6-15-10-17-9(13-4)18-11(19-10)20-8-14-7-16-20/h7-8H,5-6H2,1-4H3,(H2,13,15,17,18,19). The molecule has 2 N–H and O–H groups in total. The molecule has 0 spiro atoms. The third kappa shape index (κ3) is 3.87. The van der Waals surface area contributed by atoms with Gasteiger partial charge in [-0.05, 0) is 11.8 Å². The van der Waals surface area contributed by atoms with E-state index in [-0.39, 0.29) is 5.41 Å². The first kappa shape index (κ1) is 14.2. The van der Waals surface area contributed by atoms with Gasteiger partial charge in [0.25, 0.3) is 5.95 Å². The molecule has 8 nitrogen and oxygen atoms in total. The maximum absolute atomic E-state index is 4.33. The number of nitrogens with one attached hydrogen (secondary N) is 2. The Hall–Kier alpha value is -2.25. The van der Waals surface area contributed by atoms with E-state index in [0.717, 1.165) is 13.0 Å². The summed E-state index contributed by atoms with van der Waals surface area (Å²) in [7, 11) is 1.76. The lowest BCUT2D eigenvalue weighted by Gasteiger charge is -2.18. The van der Waals surface area contributed by atoms with Crippen molar-refractivity contribution in [2.75, 3.05) is 24.2 Å². The number of anilines is 2. The zero-order valence-corrected chi connectivity index (χ0v) is 12.3. The van der Waals surface area contributed by atoms with Crippen LogP contribution in [0, 0.1) is 5.41 Å². The fourth-order valence-electron chi connectivity index (χ4n) is 1.52. The molecule has 2 aromatic heterocycles. The van der Waals surface area contributed by atoms with Crippen molar-refractivity contribution in [3.8, 4) is 5.95 Å². The zero-order chi connectivity index (χ0) is 14.6. The molecule has 0 radical (unpaired) electrons. The molecule has 2 heterocycles. The average Bonchev–Trinajstić information content (AvgIpc) is 2.90. The third-order valence-electron chi connectivity index (χ3n) is 2.63. The molecule has 0 bridgehead atoms. The van der Waals surface area contributed by atoms with Crippen LogP contribution in [0.25, 0.3) is 5.95 Å². The van der Waals surface area contributed by atoms with Crippen LogP contribution >= 0.6 is 0 Å². The average molecular weight is 276 g/mol. The molecule has 20 heavy (non-hydrogen) atoms. The zero-order valence-electron chi connectivity index (χ0n) is 12.3. The number of hydrogen-bond donors (Lipinski definition) is 2. The highest BCUT2D eigenvalue weighted by Gasteiger charge is 2.11. The molecule has 0 aliphatic heterocycles. The summed E-state index contributed by atoms with van der Waals surface area (Å²) < 4.78 is 1.50. The maximum atomic E-state index is 4.33. The molecular formula is C12H20N8. The fraction of sp³-hybridized carbons (Fsp3) is 0.583. The van der Waals surface area contributed by atoms with Crippen LogP contribution in [0.1, 0.15) is 27.2 Å². The summed E-state index contributed by atoms with van der Waals surface area (Å²) >= 11 is 0. The summed E-state index contributed by atoms with van der Waals surface area (Å²) in [6, 6.07) is 0. The Bertz CT molecular complexity index is 543. The van der Waals surface area contributed by atoms with Crippen molar-refractivity contribution in [2.45, 2.75) is 27.2 Å². The lowest BCUT2D eigenvalue weighted by atomic mass is 9.92. The van der Waals surface area contributed by atoms with Crippen molar-refractivity contribution >= 4 is 11.9 Å². The SMILES string of the molecule is CNc1nc(NCCC(C)(C)C)nc(-n2cncn2)n1. The fourth-order valence-corrected chi connectivity index (χ4v) is 1.52. The summed E-state index contributed by atoms with van der Waals surface area (Å²) in [5.41, 5.74) is 0.264. The molecule has 0 unspecified atom stereocenters. The van der Waals surface area contributed by atoms with E-state index in [2.05, 4.69) is 56.4 Å². The van der Waals surface area contributed by atoms with Gasteiger partial charge < -0.3 is 10.6 Å². The number of hydrogen-bond acceptors (Lipinski definition) is 7. The Kier molecular flexibility index (Phi) is 4.11. The number of aromatic nitrogens is 6. The van der Waals surface area contributed by atoms with Gasteiger partial charge in [-0.1, -0.05) is 20.8 Å². The minimum absolute atomic E-state index is 0.264. The van der Waals surface area contributed by atoms with Gasteiger partial charge in [-0.3, -0.25) is 0 Å². The molecule has 0 atom stereocenters. The summed E-state index contributed by atoms with van der Waals surface area (Å²) in [6.45, 7) is 7.39. The molecule has 0 saturated heterocycles. The smallest absolute Gasteiger partial charge is 0.258 e. The van der Waals surface area contributed by atoms with Crippen molar-refractivity contribution in [2.24, 2.45) is 5.41 Å². The molecule has 0 aromatic carbocycles. The van der Waals surface area contributed by atoms with Crippen molar-refractivity contribution in [3.63, 3.8) is 0 Å². The van der Waals surface area contributed by atoms with Gasteiger partial charge >= 0.3 is 0 Å². The van der Waals surface area contributed by atoms with Gasteiger partial charge in [0.2, 0.25) is 11.9 Å². The normalized spacial score (nSPS) is 11.4. The van der Waals surface area contributed by atoms with Crippen molar-refractivity contribution in [1.82, 2.24) is 29.7 Å². The molecule has 0 saturated carbocycles. The highest BCUT2D eigenvalue weighted by molar-refractivity contribution is 5.37. The quantitative estimate of drug-likeness (QED) is 0.851. The lowest BCUT2D eigenvalue weighted by Crippen LogP contribution is -2.16. The van der Waals surface area contributed by atoms with Crippen molar-refractivity contribution in [3.05, 3.63) is 12.7 Å². The first-order valence-electron chi connectivity index (χ1n) is 6.51. The molecule has 2 aromatic rings. The van der Waals surface area contributed by atoms with E-state index < -0.39 is 0 Å². The van der Waals surface area contributed by atoms with E-state index in [1.807, 2.05) is 0 Å². The largest absolute Gasteiger partial charge is 0.357 e. The predicted octanol–water partition coefficient (Wildman–Crippen LogP) is 1.34. The highest BCUT2D eigenvalue weighted by Crippen LogP contribution is 2.18. The van der Waals surface area contributed by atoms with Crippen LogP contribution in [0.2, 0.25) is 0 Å². The Morgan fingerprint density at radius 1 is 1.15 bits per heavy atom. The van der Waals surface area contributed by atoms with Gasteiger partial charge in [0.15, 0.2) is 0 Å². The van der Waals surface area contributed by atoms with Gasteiger partial charge in [-0.25, -0.2) is 4.98 Å². The van der Waals surface area contributed by atoms with Crippen LogP contribution in [0.3, 0.4) is 0 Å². The Labute approximate surface area is 118 Å². The van der Waals surface area contributed by atoms with Crippen molar-refractivity contribution in [1.29, 1.82) is 0 Å². The molecule has 2 rings (SSSR count). The Morgan fingerprint density at radius 3 is 2.50 bits per heavy atom.